The van der Waals surface area contributed by atoms with Gasteiger partial charge in [-0.2, -0.15) is 0 Å². The van der Waals surface area contributed by atoms with Crippen LogP contribution in [0.5, 0.6) is 5.75 Å². The van der Waals surface area contributed by atoms with Gasteiger partial charge in [0.05, 0.1) is 6.61 Å². The number of benzene rings is 1. The SMILES string of the molecule is CCOc1cccc(CN2CCC(CCNC)CC2)c1. The predicted octanol–water partition coefficient (Wildman–Crippen LogP) is 2.91. The highest BCUT2D eigenvalue weighted by Gasteiger charge is 2.18. The molecule has 0 aromatic heterocycles. The molecule has 1 N–H and O–H groups in total. The van der Waals surface area contributed by atoms with Gasteiger partial charge in [-0.3, -0.25) is 4.90 Å². The minimum absolute atomic E-state index is 0.736. The first kappa shape index (κ1) is 15.3. The van der Waals surface area contributed by atoms with Crippen molar-refractivity contribution in [3.63, 3.8) is 0 Å². The van der Waals surface area contributed by atoms with E-state index < -0.39 is 0 Å². The molecule has 1 fully saturated rings. The van der Waals surface area contributed by atoms with Gasteiger partial charge in [-0.15, -0.1) is 0 Å². The summed E-state index contributed by atoms with van der Waals surface area (Å²) in [5, 5.41) is 3.26. The minimum atomic E-state index is 0.736. The van der Waals surface area contributed by atoms with Crippen LogP contribution in [0.25, 0.3) is 0 Å². The Bertz CT molecular complexity index is 386. The summed E-state index contributed by atoms with van der Waals surface area (Å²) in [7, 11) is 2.04. The van der Waals surface area contributed by atoms with Gasteiger partial charge in [0.25, 0.3) is 0 Å². The fourth-order valence-corrected chi connectivity index (χ4v) is 2.94. The van der Waals surface area contributed by atoms with E-state index in [-0.39, 0.29) is 0 Å². The van der Waals surface area contributed by atoms with E-state index in [1.165, 1.54) is 37.9 Å². The molecule has 0 radical (unpaired) electrons. The van der Waals surface area contributed by atoms with Gasteiger partial charge in [-0.05, 0) is 76.5 Å². The summed E-state index contributed by atoms with van der Waals surface area (Å²) in [6, 6.07) is 8.52. The maximum Gasteiger partial charge on any atom is 0.119 e. The van der Waals surface area contributed by atoms with Crippen LogP contribution < -0.4 is 10.1 Å². The lowest BCUT2D eigenvalue weighted by Gasteiger charge is -2.32. The van der Waals surface area contributed by atoms with Crippen molar-refractivity contribution in [2.45, 2.75) is 32.7 Å². The van der Waals surface area contributed by atoms with Crippen molar-refractivity contribution in [1.29, 1.82) is 0 Å². The molecule has 1 aromatic carbocycles. The molecule has 1 saturated heterocycles. The van der Waals surface area contributed by atoms with E-state index in [1.54, 1.807) is 0 Å². The molecule has 0 spiro atoms. The van der Waals surface area contributed by atoms with Crippen molar-refractivity contribution in [2.24, 2.45) is 5.92 Å². The number of likely N-dealkylation sites (tertiary alicyclic amines) is 1. The van der Waals surface area contributed by atoms with Gasteiger partial charge >= 0.3 is 0 Å². The lowest BCUT2D eigenvalue weighted by atomic mass is 9.93. The number of hydrogen-bond acceptors (Lipinski definition) is 3. The van der Waals surface area contributed by atoms with Gasteiger partial charge in [-0.1, -0.05) is 12.1 Å². The highest BCUT2D eigenvalue weighted by molar-refractivity contribution is 5.28. The molecule has 1 heterocycles. The van der Waals surface area contributed by atoms with Crippen LogP contribution in [0, 0.1) is 5.92 Å². The van der Waals surface area contributed by atoms with Crippen molar-refractivity contribution >= 4 is 0 Å². The number of nitrogens with zero attached hydrogens (tertiary/aromatic N) is 1. The Morgan fingerprint density at radius 3 is 2.80 bits per heavy atom. The Kier molecular flexibility index (Phi) is 6.34. The Hall–Kier alpha value is -1.06. The van der Waals surface area contributed by atoms with Gasteiger partial charge in [0.1, 0.15) is 5.75 Å². The van der Waals surface area contributed by atoms with Crippen LogP contribution in [0.1, 0.15) is 31.7 Å². The first-order chi connectivity index (χ1) is 9.81. The van der Waals surface area contributed by atoms with Crippen molar-refractivity contribution < 1.29 is 4.74 Å². The van der Waals surface area contributed by atoms with Crippen LogP contribution >= 0.6 is 0 Å². The minimum Gasteiger partial charge on any atom is -0.494 e. The first-order valence-corrected chi connectivity index (χ1v) is 7.90. The zero-order valence-electron chi connectivity index (χ0n) is 12.9. The summed E-state index contributed by atoms with van der Waals surface area (Å²) in [5.74, 6) is 1.90. The third-order valence-electron chi connectivity index (χ3n) is 4.13. The van der Waals surface area contributed by atoms with Gasteiger partial charge in [0.15, 0.2) is 0 Å². The Morgan fingerprint density at radius 1 is 1.30 bits per heavy atom. The number of hydrogen-bond donors (Lipinski definition) is 1. The molecule has 0 amide bonds. The van der Waals surface area contributed by atoms with Crippen LogP contribution in [0.2, 0.25) is 0 Å². The van der Waals surface area contributed by atoms with Gasteiger partial charge in [-0.25, -0.2) is 0 Å². The molecule has 0 saturated carbocycles. The number of nitrogens with one attached hydrogen (secondary N) is 1. The standard InChI is InChI=1S/C17H28N2O/c1-3-20-17-6-4-5-16(13-17)14-19-11-8-15(9-12-19)7-10-18-2/h4-6,13,15,18H,3,7-12,14H2,1-2H3. The number of ether oxygens (including phenoxy) is 1. The second-order valence-electron chi connectivity index (χ2n) is 5.69. The zero-order valence-corrected chi connectivity index (χ0v) is 12.9. The molecule has 0 bridgehead atoms. The fourth-order valence-electron chi connectivity index (χ4n) is 2.94. The molecule has 20 heavy (non-hydrogen) atoms. The first-order valence-electron chi connectivity index (χ1n) is 7.90. The Morgan fingerprint density at radius 2 is 2.10 bits per heavy atom. The van der Waals surface area contributed by atoms with E-state index in [9.17, 15) is 0 Å². The molecule has 0 aliphatic carbocycles. The van der Waals surface area contributed by atoms with Gasteiger partial charge in [0, 0.05) is 6.54 Å². The van der Waals surface area contributed by atoms with E-state index in [0.717, 1.165) is 31.4 Å². The topological polar surface area (TPSA) is 24.5 Å². The van der Waals surface area contributed by atoms with Gasteiger partial charge in [0.2, 0.25) is 0 Å². The molecule has 1 aliphatic heterocycles. The highest BCUT2D eigenvalue weighted by Crippen LogP contribution is 2.22. The largest absolute Gasteiger partial charge is 0.494 e. The van der Waals surface area contributed by atoms with Crippen molar-refractivity contribution in [2.75, 3.05) is 33.3 Å². The number of rotatable bonds is 7. The van der Waals surface area contributed by atoms with E-state index >= 15 is 0 Å². The van der Waals surface area contributed by atoms with Crippen molar-refractivity contribution in [3.8, 4) is 5.75 Å². The third-order valence-corrected chi connectivity index (χ3v) is 4.13. The maximum absolute atomic E-state index is 5.57. The predicted molar refractivity (Wildman–Crippen MR) is 84.2 cm³/mol. The van der Waals surface area contributed by atoms with E-state index in [1.807, 2.05) is 20.0 Å². The number of piperidine rings is 1. The highest BCUT2D eigenvalue weighted by atomic mass is 16.5. The van der Waals surface area contributed by atoms with E-state index in [2.05, 4.69) is 28.4 Å². The molecular weight excluding hydrogens is 248 g/mol. The van der Waals surface area contributed by atoms with Crippen LogP contribution in [0.3, 0.4) is 0 Å². The monoisotopic (exact) mass is 276 g/mol. The average Bonchev–Trinajstić information content (AvgIpc) is 2.47. The summed E-state index contributed by atoms with van der Waals surface area (Å²) in [4.78, 5) is 2.57. The van der Waals surface area contributed by atoms with Gasteiger partial charge < -0.3 is 10.1 Å². The quantitative estimate of drug-likeness (QED) is 0.829. The van der Waals surface area contributed by atoms with Crippen molar-refractivity contribution in [1.82, 2.24) is 10.2 Å². The second kappa shape index (κ2) is 8.28. The Balaban J connectivity index is 1.78. The smallest absolute Gasteiger partial charge is 0.119 e. The maximum atomic E-state index is 5.57. The molecule has 0 atom stereocenters. The van der Waals surface area contributed by atoms with Crippen LogP contribution in [-0.2, 0) is 6.54 Å². The summed E-state index contributed by atoms with van der Waals surface area (Å²) in [6.07, 6.45) is 4.00. The van der Waals surface area contributed by atoms with E-state index in [0.29, 0.717) is 0 Å². The summed E-state index contributed by atoms with van der Waals surface area (Å²) < 4.78 is 5.57. The van der Waals surface area contributed by atoms with Crippen LogP contribution in [-0.4, -0.2) is 38.2 Å². The zero-order chi connectivity index (χ0) is 14.2. The Labute approximate surface area is 123 Å². The van der Waals surface area contributed by atoms with Crippen LogP contribution in [0.15, 0.2) is 24.3 Å². The van der Waals surface area contributed by atoms with Crippen molar-refractivity contribution in [3.05, 3.63) is 29.8 Å². The molecule has 1 aliphatic rings. The summed E-state index contributed by atoms with van der Waals surface area (Å²) in [5.41, 5.74) is 1.37. The molecule has 1 aromatic rings. The van der Waals surface area contributed by atoms with Crippen LogP contribution in [0.4, 0.5) is 0 Å². The third kappa shape index (κ3) is 4.80. The summed E-state index contributed by atoms with van der Waals surface area (Å²) >= 11 is 0. The lowest BCUT2D eigenvalue weighted by molar-refractivity contribution is 0.172. The molecule has 0 unspecified atom stereocenters. The second-order valence-corrected chi connectivity index (χ2v) is 5.69. The normalized spacial score (nSPS) is 17.3. The molecule has 2 rings (SSSR count). The molecule has 112 valence electrons. The molecule has 3 heteroatoms. The average molecular weight is 276 g/mol. The molecular formula is C17H28N2O. The fraction of sp³-hybridized carbons (Fsp3) is 0.647. The lowest BCUT2D eigenvalue weighted by Crippen LogP contribution is -2.34. The summed E-state index contributed by atoms with van der Waals surface area (Å²) in [6.45, 7) is 7.43. The van der Waals surface area contributed by atoms with E-state index in [4.69, 9.17) is 4.74 Å². The molecule has 3 nitrogen and oxygen atoms in total.